The Balaban J connectivity index is 3.03. The van der Waals surface area contributed by atoms with E-state index in [1.165, 1.54) is 8.61 Å². The molecule has 0 amide bonds. The second-order valence-electron chi connectivity index (χ2n) is 4.97. The van der Waals surface area contributed by atoms with Crippen LogP contribution < -0.4 is 5.73 Å². The quantitative estimate of drug-likeness (QED) is 0.784. The highest BCUT2D eigenvalue weighted by Crippen LogP contribution is 2.17. The van der Waals surface area contributed by atoms with Gasteiger partial charge in [0.2, 0.25) is 0 Å². The van der Waals surface area contributed by atoms with Crippen molar-refractivity contribution >= 4 is 15.9 Å². The number of nitrogens with two attached hydrogens (primary N) is 1. The molecule has 0 unspecified atom stereocenters. The number of benzene rings is 1. The highest BCUT2D eigenvalue weighted by Gasteiger charge is 2.29. The lowest BCUT2D eigenvalue weighted by atomic mass is 10.2. The lowest BCUT2D eigenvalue weighted by Crippen LogP contribution is -2.46. The maximum absolute atomic E-state index is 12.6. The van der Waals surface area contributed by atoms with Gasteiger partial charge in [-0.3, -0.25) is 0 Å². The van der Waals surface area contributed by atoms with Crippen molar-refractivity contribution in [3.05, 3.63) is 29.8 Å². The van der Waals surface area contributed by atoms with Crippen LogP contribution in [-0.2, 0) is 16.8 Å². The van der Waals surface area contributed by atoms with E-state index in [0.29, 0.717) is 25.3 Å². The lowest BCUT2D eigenvalue weighted by Gasteiger charge is -2.31. The Morgan fingerprint density at radius 2 is 1.60 bits per heavy atom. The molecule has 6 heteroatoms. The molecular weight excluding hydrogens is 274 g/mol. The molecule has 20 heavy (non-hydrogen) atoms. The molecule has 5 nitrogen and oxygen atoms in total. The van der Waals surface area contributed by atoms with Gasteiger partial charge in [-0.2, -0.15) is 17.0 Å². The standard InChI is InChI=1S/C14H25N3O2S/c1-5-16(6-2)20(18,19)17(12(3)4)11-13-7-9-14(15)10-8-13/h7-10,12H,5-6,11,15H2,1-4H3. The summed E-state index contributed by atoms with van der Waals surface area (Å²) in [7, 11) is -3.44. The third-order valence-electron chi connectivity index (χ3n) is 3.22. The molecule has 0 aromatic heterocycles. The van der Waals surface area contributed by atoms with E-state index in [4.69, 9.17) is 5.73 Å². The smallest absolute Gasteiger partial charge is 0.282 e. The number of nitrogen functional groups attached to an aromatic ring is 1. The summed E-state index contributed by atoms with van der Waals surface area (Å²) in [5.74, 6) is 0. The Hall–Kier alpha value is -1.11. The van der Waals surface area contributed by atoms with Gasteiger partial charge in [0.25, 0.3) is 10.2 Å². The summed E-state index contributed by atoms with van der Waals surface area (Å²) in [5.41, 5.74) is 7.27. The first-order valence-corrected chi connectivity index (χ1v) is 8.33. The molecule has 0 fully saturated rings. The molecule has 0 spiro atoms. The zero-order chi connectivity index (χ0) is 15.3. The Labute approximate surface area is 122 Å². The first kappa shape index (κ1) is 16.9. The molecule has 0 aliphatic rings. The fraction of sp³-hybridized carbons (Fsp3) is 0.571. The normalized spacial score (nSPS) is 12.6. The van der Waals surface area contributed by atoms with E-state index in [-0.39, 0.29) is 6.04 Å². The summed E-state index contributed by atoms with van der Waals surface area (Å²) in [4.78, 5) is 0. The zero-order valence-electron chi connectivity index (χ0n) is 12.7. The average Bonchev–Trinajstić information content (AvgIpc) is 2.38. The Bertz CT molecular complexity index is 508. The molecule has 1 rings (SSSR count). The Morgan fingerprint density at radius 1 is 1.10 bits per heavy atom. The van der Waals surface area contributed by atoms with Crippen molar-refractivity contribution < 1.29 is 8.42 Å². The van der Waals surface area contributed by atoms with Gasteiger partial charge in [-0.1, -0.05) is 26.0 Å². The SMILES string of the molecule is CCN(CC)S(=O)(=O)N(Cc1ccc(N)cc1)C(C)C. The Kier molecular flexibility index (Phi) is 5.98. The lowest BCUT2D eigenvalue weighted by molar-refractivity contribution is 0.306. The second-order valence-corrected chi connectivity index (χ2v) is 6.85. The molecule has 0 bridgehead atoms. The van der Waals surface area contributed by atoms with E-state index in [2.05, 4.69) is 0 Å². The highest BCUT2D eigenvalue weighted by molar-refractivity contribution is 7.86. The number of anilines is 1. The molecular formula is C14H25N3O2S. The van der Waals surface area contributed by atoms with Gasteiger partial charge in [-0.15, -0.1) is 0 Å². The summed E-state index contributed by atoms with van der Waals surface area (Å²) >= 11 is 0. The van der Waals surface area contributed by atoms with Crippen LogP contribution in [0.5, 0.6) is 0 Å². The average molecular weight is 299 g/mol. The van der Waals surface area contributed by atoms with E-state index >= 15 is 0 Å². The molecule has 0 atom stereocenters. The van der Waals surface area contributed by atoms with Gasteiger partial charge in [0.1, 0.15) is 0 Å². The molecule has 0 aliphatic carbocycles. The summed E-state index contributed by atoms with van der Waals surface area (Å²) in [6, 6.07) is 7.21. The number of rotatable bonds is 7. The zero-order valence-corrected chi connectivity index (χ0v) is 13.5. The maximum atomic E-state index is 12.6. The predicted molar refractivity (Wildman–Crippen MR) is 83.4 cm³/mol. The van der Waals surface area contributed by atoms with Crippen molar-refractivity contribution in [2.75, 3.05) is 18.8 Å². The van der Waals surface area contributed by atoms with Gasteiger partial charge in [0, 0.05) is 31.4 Å². The van der Waals surface area contributed by atoms with Crippen LogP contribution in [0.1, 0.15) is 33.3 Å². The van der Waals surface area contributed by atoms with E-state index in [1.807, 2.05) is 39.8 Å². The third-order valence-corrected chi connectivity index (χ3v) is 5.53. The van der Waals surface area contributed by atoms with Crippen molar-refractivity contribution in [1.82, 2.24) is 8.61 Å². The summed E-state index contributed by atoms with van der Waals surface area (Å²) in [5, 5.41) is 0. The first-order chi connectivity index (χ1) is 9.32. The second kappa shape index (κ2) is 7.06. The van der Waals surface area contributed by atoms with Crippen molar-refractivity contribution in [2.24, 2.45) is 0 Å². The molecule has 0 radical (unpaired) electrons. The number of hydrogen-bond donors (Lipinski definition) is 1. The van der Waals surface area contributed by atoms with Gasteiger partial charge >= 0.3 is 0 Å². The Morgan fingerprint density at radius 3 is 2.00 bits per heavy atom. The summed E-state index contributed by atoms with van der Waals surface area (Å²) < 4.78 is 28.3. The van der Waals surface area contributed by atoms with Crippen molar-refractivity contribution in [3.8, 4) is 0 Å². The van der Waals surface area contributed by atoms with Gasteiger partial charge in [0.15, 0.2) is 0 Å². The molecule has 1 aromatic rings. The van der Waals surface area contributed by atoms with Gasteiger partial charge in [-0.25, -0.2) is 0 Å². The number of nitrogens with zero attached hydrogens (tertiary/aromatic N) is 2. The molecule has 0 saturated heterocycles. The van der Waals surface area contributed by atoms with Crippen LogP contribution in [0.2, 0.25) is 0 Å². The fourth-order valence-electron chi connectivity index (χ4n) is 2.03. The first-order valence-electron chi connectivity index (χ1n) is 6.94. The van der Waals surface area contributed by atoms with Crippen LogP contribution in [0.3, 0.4) is 0 Å². The molecule has 2 N–H and O–H groups in total. The highest BCUT2D eigenvalue weighted by atomic mass is 32.2. The van der Waals surface area contributed by atoms with Crippen molar-refractivity contribution in [1.29, 1.82) is 0 Å². The molecule has 0 heterocycles. The van der Waals surface area contributed by atoms with Crippen LogP contribution in [0.25, 0.3) is 0 Å². The van der Waals surface area contributed by atoms with Gasteiger partial charge < -0.3 is 5.73 Å². The molecule has 0 aliphatic heterocycles. The van der Waals surface area contributed by atoms with Crippen LogP contribution in [0, 0.1) is 0 Å². The largest absolute Gasteiger partial charge is 0.399 e. The van der Waals surface area contributed by atoms with E-state index < -0.39 is 10.2 Å². The minimum absolute atomic E-state index is 0.0989. The fourth-order valence-corrected chi connectivity index (χ4v) is 3.83. The van der Waals surface area contributed by atoms with E-state index in [9.17, 15) is 8.42 Å². The monoisotopic (exact) mass is 299 g/mol. The van der Waals surface area contributed by atoms with E-state index in [1.54, 1.807) is 12.1 Å². The minimum atomic E-state index is -3.44. The van der Waals surface area contributed by atoms with Crippen molar-refractivity contribution in [3.63, 3.8) is 0 Å². The van der Waals surface area contributed by atoms with Crippen LogP contribution in [0.4, 0.5) is 5.69 Å². The van der Waals surface area contributed by atoms with Crippen LogP contribution in [0.15, 0.2) is 24.3 Å². The van der Waals surface area contributed by atoms with Crippen LogP contribution >= 0.6 is 0 Å². The van der Waals surface area contributed by atoms with Gasteiger partial charge in [-0.05, 0) is 31.5 Å². The molecule has 1 aromatic carbocycles. The topological polar surface area (TPSA) is 66.6 Å². The van der Waals surface area contributed by atoms with E-state index in [0.717, 1.165) is 5.56 Å². The number of hydrogen-bond acceptors (Lipinski definition) is 3. The van der Waals surface area contributed by atoms with Crippen molar-refractivity contribution in [2.45, 2.75) is 40.3 Å². The van der Waals surface area contributed by atoms with Gasteiger partial charge in [0.05, 0.1) is 0 Å². The maximum Gasteiger partial charge on any atom is 0.282 e. The summed E-state index contributed by atoms with van der Waals surface area (Å²) in [6.07, 6.45) is 0. The summed E-state index contributed by atoms with van der Waals surface area (Å²) in [6.45, 7) is 8.78. The molecule has 0 saturated carbocycles. The molecule has 114 valence electrons. The predicted octanol–water partition coefficient (Wildman–Crippen LogP) is 2.07. The van der Waals surface area contributed by atoms with Crippen LogP contribution in [-0.4, -0.2) is 36.2 Å². The minimum Gasteiger partial charge on any atom is -0.399 e. The third kappa shape index (κ3) is 3.94.